The molecule has 0 spiro atoms. The van der Waals surface area contributed by atoms with Gasteiger partial charge in [0.15, 0.2) is 0 Å². The molecule has 1 unspecified atom stereocenters. The predicted molar refractivity (Wildman–Crippen MR) is 83.5 cm³/mol. The maximum atomic E-state index is 13.0. The lowest BCUT2D eigenvalue weighted by molar-refractivity contribution is -0.134. The summed E-state index contributed by atoms with van der Waals surface area (Å²) in [5.41, 5.74) is 1.17. The molecular weight excluding hydrogens is 296 g/mol. The Kier molecular flexibility index (Phi) is 2.87. The van der Waals surface area contributed by atoms with E-state index in [-0.39, 0.29) is 18.2 Å². The van der Waals surface area contributed by atoms with E-state index in [1.54, 1.807) is 6.07 Å². The van der Waals surface area contributed by atoms with Crippen molar-refractivity contribution in [3.63, 3.8) is 0 Å². The van der Waals surface area contributed by atoms with Gasteiger partial charge in [-0.2, -0.15) is 0 Å². The summed E-state index contributed by atoms with van der Waals surface area (Å²) >= 11 is 0. The first kappa shape index (κ1) is 13.8. The fraction of sp³-hybridized carbons (Fsp3) is 0.235. The molecule has 4 rings (SSSR count). The van der Waals surface area contributed by atoms with Gasteiger partial charge in [0.25, 0.3) is 5.91 Å². The molecule has 0 bridgehead atoms. The Morgan fingerprint density at radius 2 is 2.00 bits per heavy atom. The van der Waals surface area contributed by atoms with Crippen LogP contribution in [0.1, 0.15) is 23.2 Å². The molecule has 2 aliphatic heterocycles. The number of methoxy groups -OCH3 is 1. The molecule has 23 heavy (non-hydrogen) atoms. The van der Waals surface area contributed by atoms with Crippen LogP contribution in [0.25, 0.3) is 10.8 Å². The minimum Gasteiger partial charge on any atom is -0.496 e. The zero-order valence-corrected chi connectivity index (χ0v) is 12.5. The maximum Gasteiger partial charge on any atom is 0.263 e. The van der Waals surface area contributed by atoms with Gasteiger partial charge in [-0.1, -0.05) is 18.2 Å². The average molecular weight is 310 g/mol. The van der Waals surface area contributed by atoms with E-state index >= 15 is 0 Å². The van der Waals surface area contributed by atoms with Crippen LogP contribution in [-0.4, -0.2) is 30.9 Å². The van der Waals surface area contributed by atoms with Crippen molar-refractivity contribution in [2.75, 3.05) is 12.0 Å². The Bertz CT molecular complexity index is 874. The Balaban J connectivity index is 1.89. The number of benzene rings is 2. The summed E-state index contributed by atoms with van der Waals surface area (Å²) in [6, 6.07) is 8.56. The van der Waals surface area contributed by atoms with Gasteiger partial charge in [0.1, 0.15) is 11.8 Å². The Hall–Kier alpha value is -2.89. The molecule has 1 fully saturated rings. The van der Waals surface area contributed by atoms with Crippen LogP contribution in [-0.2, 0) is 9.59 Å². The second-order valence-electron chi connectivity index (χ2n) is 5.66. The highest BCUT2D eigenvalue weighted by Gasteiger charge is 2.41. The third-order valence-corrected chi connectivity index (χ3v) is 4.42. The van der Waals surface area contributed by atoms with E-state index in [2.05, 4.69) is 5.32 Å². The summed E-state index contributed by atoms with van der Waals surface area (Å²) in [4.78, 5) is 38.0. The predicted octanol–water partition coefficient (Wildman–Crippen LogP) is 1.61. The molecule has 3 amide bonds. The molecule has 0 radical (unpaired) electrons. The van der Waals surface area contributed by atoms with E-state index in [0.29, 0.717) is 23.4 Å². The van der Waals surface area contributed by atoms with Crippen LogP contribution >= 0.6 is 0 Å². The number of carbonyl (C=O) groups is 3. The molecule has 1 N–H and O–H groups in total. The van der Waals surface area contributed by atoms with Gasteiger partial charge in [0, 0.05) is 11.8 Å². The number of anilines is 1. The second-order valence-corrected chi connectivity index (χ2v) is 5.66. The summed E-state index contributed by atoms with van der Waals surface area (Å²) in [7, 11) is 1.52. The highest BCUT2D eigenvalue weighted by atomic mass is 16.5. The quantitative estimate of drug-likeness (QED) is 0.855. The smallest absolute Gasteiger partial charge is 0.263 e. The lowest BCUT2D eigenvalue weighted by atomic mass is 10.0. The molecule has 2 heterocycles. The summed E-state index contributed by atoms with van der Waals surface area (Å²) in [5, 5.41) is 4.02. The molecule has 6 nitrogen and oxygen atoms in total. The van der Waals surface area contributed by atoms with Crippen molar-refractivity contribution in [2.24, 2.45) is 0 Å². The third kappa shape index (κ3) is 1.84. The van der Waals surface area contributed by atoms with Gasteiger partial charge in [0.2, 0.25) is 11.8 Å². The van der Waals surface area contributed by atoms with Crippen LogP contribution < -0.4 is 15.0 Å². The monoisotopic (exact) mass is 310 g/mol. The first-order chi connectivity index (χ1) is 11.1. The van der Waals surface area contributed by atoms with Gasteiger partial charge in [0.05, 0.1) is 18.4 Å². The first-order valence-electron chi connectivity index (χ1n) is 7.39. The fourth-order valence-electron chi connectivity index (χ4n) is 3.39. The lowest BCUT2D eigenvalue weighted by Gasteiger charge is -2.30. The number of rotatable bonds is 2. The molecule has 0 aromatic heterocycles. The number of imide groups is 1. The normalized spacial score (nSPS) is 20.1. The van der Waals surface area contributed by atoms with Crippen molar-refractivity contribution in [3.05, 3.63) is 35.9 Å². The first-order valence-corrected chi connectivity index (χ1v) is 7.39. The summed E-state index contributed by atoms with van der Waals surface area (Å²) < 4.78 is 5.33. The minimum absolute atomic E-state index is 0.226. The van der Waals surface area contributed by atoms with Crippen molar-refractivity contribution in [2.45, 2.75) is 18.9 Å². The highest BCUT2D eigenvalue weighted by molar-refractivity contribution is 6.28. The zero-order valence-electron chi connectivity index (χ0n) is 12.5. The average Bonchev–Trinajstić information content (AvgIpc) is 2.83. The minimum atomic E-state index is -0.678. The highest BCUT2D eigenvalue weighted by Crippen LogP contribution is 2.43. The van der Waals surface area contributed by atoms with E-state index in [1.165, 1.54) is 12.0 Å². The van der Waals surface area contributed by atoms with E-state index in [4.69, 9.17) is 4.74 Å². The van der Waals surface area contributed by atoms with Crippen molar-refractivity contribution in [3.8, 4) is 5.75 Å². The number of carbonyl (C=O) groups excluding carboxylic acids is 3. The standard InChI is InChI=1S/C17H14N2O4/c1-23-12-7-5-9-3-2-4-10-14(9)15(12)17(22)19(10)11-6-8-13(20)18-16(11)21/h2-5,7,11H,6,8H2,1H3,(H,18,20,21). The van der Waals surface area contributed by atoms with Crippen molar-refractivity contribution < 1.29 is 19.1 Å². The van der Waals surface area contributed by atoms with Crippen molar-refractivity contribution >= 4 is 34.2 Å². The van der Waals surface area contributed by atoms with E-state index < -0.39 is 11.9 Å². The molecule has 1 saturated heterocycles. The van der Waals surface area contributed by atoms with Crippen molar-refractivity contribution in [1.29, 1.82) is 0 Å². The fourth-order valence-corrected chi connectivity index (χ4v) is 3.39. The molecule has 0 aliphatic carbocycles. The van der Waals surface area contributed by atoms with Gasteiger partial charge in [-0.05, 0) is 23.9 Å². The molecule has 116 valence electrons. The van der Waals surface area contributed by atoms with Crippen LogP contribution in [0, 0.1) is 0 Å². The topological polar surface area (TPSA) is 75.7 Å². The molecule has 1 atom stereocenters. The van der Waals surface area contributed by atoms with Crippen LogP contribution in [0.4, 0.5) is 5.69 Å². The Morgan fingerprint density at radius 3 is 2.74 bits per heavy atom. The van der Waals surface area contributed by atoms with Crippen LogP contribution in [0.3, 0.4) is 0 Å². The van der Waals surface area contributed by atoms with Gasteiger partial charge in [-0.25, -0.2) is 0 Å². The molecular formula is C17H14N2O4. The zero-order chi connectivity index (χ0) is 16.1. The Morgan fingerprint density at radius 1 is 1.17 bits per heavy atom. The number of nitrogens with one attached hydrogen (secondary N) is 1. The van der Waals surface area contributed by atoms with Gasteiger partial charge >= 0.3 is 0 Å². The summed E-state index contributed by atoms with van der Waals surface area (Å²) in [6.07, 6.45) is 0.548. The second kappa shape index (κ2) is 4.81. The van der Waals surface area contributed by atoms with Crippen molar-refractivity contribution in [1.82, 2.24) is 5.32 Å². The number of amides is 3. The molecule has 0 saturated carbocycles. The maximum absolute atomic E-state index is 13.0. The molecule has 2 aromatic rings. The van der Waals surface area contributed by atoms with Gasteiger partial charge in [-0.15, -0.1) is 0 Å². The number of ether oxygens (including phenoxy) is 1. The van der Waals surface area contributed by atoms with Crippen LogP contribution in [0.2, 0.25) is 0 Å². The number of nitrogens with zero attached hydrogens (tertiary/aromatic N) is 1. The molecule has 2 aliphatic rings. The number of hydrogen-bond acceptors (Lipinski definition) is 4. The number of piperidine rings is 1. The Labute approximate surface area is 132 Å². The molecule has 6 heteroatoms. The number of hydrogen-bond donors (Lipinski definition) is 1. The largest absolute Gasteiger partial charge is 0.496 e. The SMILES string of the molecule is COc1ccc2cccc3c2c1C(=O)N3C1CCC(=O)NC1=O. The van der Waals surface area contributed by atoms with Gasteiger partial charge < -0.3 is 4.74 Å². The van der Waals surface area contributed by atoms with Crippen LogP contribution in [0.5, 0.6) is 5.75 Å². The van der Waals surface area contributed by atoms with E-state index in [1.807, 2.05) is 24.3 Å². The molecule has 2 aromatic carbocycles. The third-order valence-electron chi connectivity index (χ3n) is 4.42. The van der Waals surface area contributed by atoms with Gasteiger partial charge in [-0.3, -0.25) is 24.6 Å². The van der Waals surface area contributed by atoms with E-state index in [9.17, 15) is 14.4 Å². The summed E-state index contributed by atoms with van der Waals surface area (Å²) in [6.45, 7) is 0. The van der Waals surface area contributed by atoms with Crippen LogP contribution in [0.15, 0.2) is 30.3 Å². The summed E-state index contributed by atoms with van der Waals surface area (Å²) in [5.74, 6) is -0.502. The lowest BCUT2D eigenvalue weighted by Crippen LogP contribution is -2.53. The van der Waals surface area contributed by atoms with E-state index in [0.717, 1.165) is 10.8 Å².